The molecule has 25 heavy (non-hydrogen) atoms. The molecule has 2 aromatic rings. The van der Waals surface area contributed by atoms with E-state index in [9.17, 15) is 4.39 Å². The molecular weight excluding hydrogens is 323 g/mol. The second kappa shape index (κ2) is 6.87. The van der Waals surface area contributed by atoms with E-state index in [1.54, 1.807) is 0 Å². The van der Waals surface area contributed by atoms with Crippen LogP contribution in [0.25, 0.3) is 0 Å². The van der Waals surface area contributed by atoms with Crippen molar-refractivity contribution >= 4 is 11.8 Å². The van der Waals surface area contributed by atoms with Crippen molar-refractivity contribution in [3.05, 3.63) is 36.0 Å². The maximum atomic E-state index is 13.1. The zero-order valence-electron chi connectivity index (χ0n) is 14.1. The molecule has 2 aliphatic heterocycles. The SMILES string of the molecule is Cc1ccc(N[C@@H]2CN(c3ncc(F)cn3)C[C@@H]3CCCO[C@@H]32)nn1. The van der Waals surface area contributed by atoms with Gasteiger partial charge in [-0.2, -0.15) is 5.10 Å². The third-order valence-corrected chi connectivity index (χ3v) is 4.78. The van der Waals surface area contributed by atoms with Crippen molar-refractivity contribution in [2.75, 3.05) is 29.9 Å². The number of halogens is 1. The summed E-state index contributed by atoms with van der Waals surface area (Å²) in [4.78, 5) is 10.4. The Labute approximate surface area is 145 Å². The van der Waals surface area contributed by atoms with Crippen molar-refractivity contribution in [3.8, 4) is 0 Å². The van der Waals surface area contributed by atoms with Crippen LogP contribution < -0.4 is 10.2 Å². The van der Waals surface area contributed by atoms with E-state index < -0.39 is 5.82 Å². The normalized spacial score (nSPS) is 26.2. The van der Waals surface area contributed by atoms with Crippen LogP contribution in [0.4, 0.5) is 16.2 Å². The number of rotatable bonds is 3. The Kier molecular flexibility index (Phi) is 4.44. The molecule has 2 saturated heterocycles. The van der Waals surface area contributed by atoms with E-state index in [0.717, 1.165) is 37.5 Å². The van der Waals surface area contributed by atoms with Gasteiger partial charge in [-0.1, -0.05) is 0 Å². The van der Waals surface area contributed by atoms with Gasteiger partial charge in [0.05, 0.1) is 30.2 Å². The lowest BCUT2D eigenvalue weighted by Crippen LogP contribution is -2.58. The molecule has 2 aliphatic rings. The lowest BCUT2D eigenvalue weighted by Gasteiger charge is -2.46. The highest BCUT2D eigenvalue weighted by molar-refractivity contribution is 5.39. The molecule has 2 aromatic heterocycles. The van der Waals surface area contributed by atoms with Crippen molar-refractivity contribution < 1.29 is 9.13 Å². The second-order valence-corrected chi connectivity index (χ2v) is 6.65. The first kappa shape index (κ1) is 16.1. The summed E-state index contributed by atoms with van der Waals surface area (Å²) in [7, 11) is 0. The Morgan fingerprint density at radius 3 is 2.80 bits per heavy atom. The van der Waals surface area contributed by atoms with Crippen LogP contribution in [0, 0.1) is 18.7 Å². The molecule has 0 amide bonds. The fraction of sp³-hybridized carbons (Fsp3) is 0.529. The molecule has 4 rings (SSSR count). The van der Waals surface area contributed by atoms with Crippen LogP contribution in [-0.4, -0.2) is 52.0 Å². The van der Waals surface area contributed by atoms with Crippen molar-refractivity contribution in [1.29, 1.82) is 0 Å². The van der Waals surface area contributed by atoms with Crippen molar-refractivity contribution in [1.82, 2.24) is 20.2 Å². The third-order valence-electron chi connectivity index (χ3n) is 4.78. The predicted octanol–water partition coefficient (Wildman–Crippen LogP) is 1.81. The minimum absolute atomic E-state index is 0.0460. The average Bonchev–Trinajstić information content (AvgIpc) is 2.64. The van der Waals surface area contributed by atoms with Crippen LogP contribution in [0.3, 0.4) is 0 Å². The number of piperidine rings is 1. The Hall–Kier alpha value is -2.35. The van der Waals surface area contributed by atoms with Crippen LogP contribution in [-0.2, 0) is 4.74 Å². The third kappa shape index (κ3) is 3.53. The lowest BCUT2D eigenvalue weighted by molar-refractivity contribution is -0.0425. The molecule has 0 bridgehead atoms. The molecule has 0 radical (unpaired) electrons. The fourth-order valence-corrected chi connectivity index (χ4v) is 3.63. The number of hydrogen-bond donors (Lipinski definition) is 1. The first-order valence-electron chi connectivity index (χ1n) is 8.60. The van der Waals surface area contributed by atoms with Gasteiger partial charge >= 0.3 is 0 Å². The van der Waals surface area contributed by atoms with Crippen molar-refractivity contribution in [2.24, 2.45) is 5.92 Å². The van der Waals surface area contributed by atoms with E-state index in [2.05, 4.69) is 30.4 Å². The molecule has 8 heteroatoms. The van der Waals surface area contributed by atoms with Crippen LogP contribution in [0.2, 0.25) is 0 Å². The summed E-state index contributed by atoms with van der Waals surface area (Å²) in [5.41, 5.74) is 0.877. The smallest absolute Gasteiger partial charge is 0.225 e. The highest BCUT2D eigenvalue weighted by Crippen LogP contribution is 2.31. The second-order valence-electron chi connectivity index (χ2n) is 6.65. The predicted molar refractivity (Wildman–Crippen MR) is 90.8 cm³/mol. The topological polar surface area (TPSA) is 76.1 Å². The maximum Gasteiger partial charge on any atom is 0.225 e. The van der Waals surface area contributed by atoms with E-state index in [-0.39, 0.29) is 12.1 Å². The van der Waals surface area contributed by atoms with Gasteiger partial charge in [0.15, 0.2) is 5.82 Å². The number of fused-ring (bicyclic) bond motifs is 1. The van der Waals surface area contributed by atoms with E-state index in [4.69, 9.17) is 4.74 Å². The molecule has 4 heterocycles. The summed E-state index contributed by atoms with van der Waals surface area (Å²) in [6.45, 7) is 4.17. The number of hydrogen-bond acceptors (Lipinski definition) is 7. The average molecular weight is 344 g/mol. The van der Waals surface area contributed by atoms with Crippen LogP contribution in [0.1, 0.15) is 18.5 Å². The summed E-state index contributed by atoms with van der Waals surface area (Å²) in [5.74, 6) is 1.23. The quantitative estimate of drug-likeness (QED) is 0.910. The highest BCUT2D eigenvalue weighted by Gasteiger charge is 2.40. The molecule has 3 atom stereocenters. The molecule has 0 aliphatic carbocycles. The zero-order chi connectivity index (χ0) is 17.2. The van der Waals surface area contributed by atoms with Gasteiger partial charge < -0.3 is 15.0 Å². The first-order valence-corrected chi connectivity index (χ1v) is 8.60. The standard InChI is InChI=1S/C17H21FN6O/c1-11-4-5-15(23-22-11)21-14-10-24(17-19-7-13(18)8-20-17)9-12-3-2-6-25-16(12)14/h4-5,7-8,12,14,16H,2-3,6,9-10H2,1H3,(H,21,23)/t12-,14+,16-/m0/s1. The van der Waals surface area contributed by atoms with Gasteiger partial charge in [-0.3, -0.25) is 0 Å². The molecule has 132 valence electrons. The first-order chi connectivity index (χ1) is 12.2. The van der Waals surface area contributed by atoms with Crippen LogP contribution >= 0.6 is 0 Å². The number of nitrogens with one attached hydrogen (secondary N) is 1. The lowest BCUT2D eigenvalue weighted by atomic mass is 9.85. The van der Waals surface area contributed by atoms with Gasteiger partial charge in [-0.05, 0) is 31.9 Å². The number of anilines is 2. The molecular formula is C17H21FN6O. The Balaban J connectivity index is 1.56. The number of nitrogens with zero attached hydrogens (tertiary/aromatic N) is 5. The van der Waals surface area contributed by atoms with Crippen molar-refractivity contribution in [3.63, 3.8) is 0 Å². The molecule has 0 saturated carbocycles. The van der Waals surface area contributed by atoms with E-state index in [1.807, 2.05) is 19.1 Å². The number of aryl methyl sites for hydroxylation is 1. The van der Waals surface area contributed by atoms with Gasteiger partial charge in [-0.25, -0.2) is 14.4 Å². The van der Waals surface area contributed by atoms with Gasteiger partial charge in [0.2, 0.25) is 5.95 Å². The minimum atomic E-state index is -0.427. The summed E-state index contributed by atoms with van der Waals surface area (Å²) < 4.78 is 19.2. The van der Waals surface area contributed by atoms with Crippen LogP contribution in [0.5, 0.6) is 0 Å². The van der Waals surface area contributed by atoms with E-state index >= 15 is 0 Å². The number of aromatic nitrogens is 4. The van der Waals surface area contributed by atoms with Crippen molar-refractivity contribution in [2.45, 2.75) is 31.9 Å². The molecule has 7 nitrogen and oxygen atoms in total. The molecule has 1 N–H and O–H groups in total. The Morgan fingerprint density at radius 2 is 2.04 bits per heavy atom. The molecule has 0 spiro atoms. The summed E-state index contributed by atoms with van der Waals surface area (Å²) in [6.07, 6.45) is 4.68. The Bertz CT molecular complexity index is 710. The Morgan fingerprint density at radius 1 is 1.20 bits per heavy atom. The minimum Gasteiger partial charge on any atom is -0.376 e. The van der Waals surface area contributed by atoms with Gasteiger partial charge in [-0.15, -0.1) is 5.10 Å². The van der Waals surface area contributed by atoms with Gasteiger partial charge in [0.1, 0.15) is 5.82 Å². The summed E-state index contributed by atoms with van der Waals surface area (Å²) >= 11 is 0. The van der Waals surface area contributed by atoms with E-state index in [1.165, 1.54) is 12.4 Å². The van der Waals surface area contributed by atoms with Gasteiger partial charge in [0.25, 0.3) is 0 Å². The monoisotopic (exact) mass is 344 g/mol. The van der Waals surface area contributed by atoms with Crippen LogP contribution in [0.15, 0.2) is 24.5 Å². The largest absolute Gasteiger partial charge is 0.376 e. The maximum absolute atomic E-state index is 13.1. The fourth-order valence-electron chi connectivity index (χ4n) is 3.63. The highest BCUT2D eigenvalue weighted by atomic mass is 19.1. The number of ether oxygens (including phenoxy) is 1. The summed E-state index contributed by atoms with van der Waals surface area (Å²) in [6, 6.07) is 3.90. The van der Waals surface area contributed by atoms with E-state index in [0.29, 0.717) is 18.4 Å². The summed E-state index contributed by atoms with van der Waals surface area (Å²) in [5, 5.41) is 11.8. The zero-order valence-corrected chi connectivity index (χ0v) is 14.1. The molecule has 2 fully saturated rings. The molecule has 0 aromatic carbocycles. The molecule has 0 unspecified atom stereocenters. The van der Waals surface area contributed by atoms with Gasteiger partial charge in [0, 0.05) is 25.6 Å².